The molecule has 1 rings (SSSR count). The molecular weight excluding hydrogens is 210 g/mol. The first-order valence-corrected chi connectivity index (χ1v) is 5.85. The molecule has 3 nitrogen and oxygen atoms in total. The maximum absolute atomic E-state index is 10.7. The van der Waals surface area contributed by atoms with Crippen molar-refractivity contribution in [2.24, 2.45) is 5.73 Å². The van der Waals surface area contributed by atoms with E-state index in [4.69, 9.17) is 10.5 Å². The number of hydrogen-bond donors (Lipinski definition) is 1. The van der Waals surface area contributed by atoms with Gasteiger partial charge in [0.2, 0.25) is 0 Å². The normalized spacial score (nSPS) is 9.93. The number of hydrogen-bond acceptors (Lipinski definition) is 4. The molecule has 0 unspecified atom stereocenters. The third-order valence-corrected chi connectivity index (χ3v) is 2.83. The van der Waals surface area contributed by atoms with Crippen LogP contribution >= 0.6 is 11.8 Å². The second-order valence-corrected chi connectivity index (χ2v) is 4.11. The van der Waals surface area contributed by atoms with Crippen LogP contribution in [-0.4, -0.2) is 24.9 Å². The van der Waals surface area contributed by atoms with E-state index in [0.29, 0.717) is 6.61 Å². The Balaban J connectivity index is 2.05. The van der Waals surface area contributed by atoms with Crippen LogP contribution in [0.5, 0.6) is 0 Å². The van der Waals surface area contributed by atoms with Crippen molar-refractivity contribution < 1.29 is 9.53 Å². The van der Waals surface area contributed by atoms with Gasteiger partial charge in [-0.15, -0.1) is 11.8 Å². The fourth-order valence-electron chi connectivity index (χ4n) is 1.01. The zero-order valence-corrected chi connectivity index (χ0v) is 9.33. The first-order chi connectivity index (χ1) is 7.33. The van der Waals surface area contributed by atoms with Gasteiger partial charge in [0.15, 0.2) is 0 Å². The first-order valence-electron chi connectivity index (χ1n) is 4.86. The molecule has 4 heteroatoms. The molecule has 82 valence electrons. The highest BCUT2D eigenvalue weighted by Gasteiger charge is 1.98. The van der Waals surface area contributed by atoms with Crippen molar-refractivity contribution in [2.75, 3.05) is 18.9 Å². The Hall–Kier alpha value is -1.00. The SMILES string of the molecule is NCC(=O)OCCCSc1ccccc1. The zero-order valence-electron chi connectivity index (χ0n) is 8.52. The maximum atomic E-state index is 10.7. The molecular formula is C11H15NO2S. The van der Waals surface area contributed by atoms with E-state index in [1.54, 1.807) is 11.8 Å². The molecule has 0 radical (unpaired) electrons. The molecule has 0 bridgehead atoms. The van der Waals surface area contributed by atoms with E-state index in [9.17, 15) is 4.79 Å². The molecule has 0 saturated heterocycles. The summed E-state index contributed by atoms with van der Waals surface area (Å²) in [5.41, 5.74) is 5.10. The highest BCUT2D eigenvalue weighted by Crippen LogP contribution is 2.17. The Morgan fingerprint density at radius 2 is 2.07 bits per heavy atom. The van der Waals surface area contributed by atoms with E-state index in [1.165, 1.54) is 4.90 Å². The van der Waals surface area contributed by atoms with Crippen molar-refractivity contribution >= 4 is 17.7 Å². The van der Waals surface area contributed by atoms with Gasteiger partial charge in [-0.3, -0.25) is 4.79 Å². The number of nitrogens with two attached hydrogens (primary N) is 1. The van der Waals surface area contributed by atoms with Crippen molar-refractivity contribution in [2.45, 2.75) is 11.3 Å². The van der Waals surface area contributed by atoms with E-state index in [2.05, 4.69) is 12.1 Å². The van der Waals surface area contributed by atoms with Crippen molar-refractivity contribution in [3.8, 4) is 0 Å². The Bertz CT molecular complexity index is 290. The molecule has 0 fully saturated rings. The van der Waals surface area contributed by atoms with Gasteiger partial charge in [0.05, 0.1) is 13.2 Å². The van der Waals surface area contributed by atoms with Crippen LogP contribution in [0.1, 0.15) is 6.42 Å². The molecule has 1 aromatic carbocycles. The lowest BCUT2D eigenvalue weighted by molar-refractivity contribution is -0.141. The van der Waals surface area contributed by atoms with Crippen LogP contribution < -0.4 is 5.73 Å². The van der Waals surface area contributed by atoms with Gasteiger partial charge in [0.25, 0.3) is 0 Å². The van der Waals surface area contributed by atoms with E-state index in [0.717, 1.165) is 12.2 Å². The highest BCUT2D eigenvalue weighted by atomic mass is 32.2. The molecule has 0 spiro atoms. The average Bonchev–Trinajstić information content (AvgIpc) is 2.29. The summed E-state index contributed by atoms with van der Waals surface area (Å²) in [7, 11) is 0. The number of carbonyl (C=O) groups excluding carboxylic acids is 1. The summed E-state index contributed by atoms with van der Waals surface area (Å²) in [6, 6.07) is 10.1. The lowest BCUT2D eigenvalue weighted by Gasteiger charge is -2.03. The lowest BCUT2D eigenvalue weighted by Crippen LogP contribution is -2.17. The smallest absolute Gasteiger partial charge is 0.319 e. The summed E-state index contributed by atoms with van der Waals surface area (Å²) in [5, 5.41) is 0. The van der Waals surface area contributed by atoms with Crippen LogP contribution in [0.25, 0.3) is 0 Å². The molecule has 0 aliphatic carbocycles. The average molecular weight is 225 g/mol. The predicted octanol–water partition coefficient (Wildman–Crippen LogP) is 1.67. The quantitative estimate of drug-likeness (QED) is 0.454. The molecule has 0 amide bonds. The van der Waals surface area contributed by atoms with E-state index in [1.807, 2.05) is 18.2 Å². The molecule has 0 heterocycles. The summed E-state index contributed by atoms with van der Waals surface area (Å²) < 4.78 is 4.85. The van der Waals surface area contributed by atoms with Crippen molar-refractivity contribution in [3.05, 3.63) is 30.3 Å². The van der Waals surface area contributed by atoms with Gasteiger partial charge in [-0.05, 0) is 18.6 Å². The Morgan fingerprint density at radius 1 is 1.33 bits per heavy atom. The van der Waals surface area contributed by atoms with Gasteiger partial charge in [-0.2, -0.15) is 0 Å². The fourth-order valence-corrected chi connectivity index (χ4v) is 1.86. The number of rotatable bonds is 6. The Morgan fingerprint density at radius 3 is 2.73 bits per heavy atom. The van der Waals surface area contributed by atoms with Gasteiger partial charge in [0.1, 0.15) is 0 Å². The van der Waals surface area contributed by atoms with Gasteiger partial charge in [-0.25, -0.2) is 0 Å². The predicted molar refractivity (Wildman–Crippen MR) is 61.8 cm³/mol. The summed E-state index contributed by atoms with van der Waals surface area (Å²) in [4.78, 5) is 11.9. The third kappa shape index (κ3) is 5.44. The minimum atomic E-state index is -0.334. The zero-order chi connectivity index (χ0) is 10.9. The van der Waals surface area contributed by atoms with E-state index < -0.39 is 0 Å². The molecule has 15 heavy (non-hydrogen) atoms. The molecule has 0 atom stereocenters. The minimum Gasteiger partial charge on any atom is -0.465 e. The third-order valence-electron chi connectivity index (χ3n) is 1.73. The number of thioether (sulfide) groups is 1. The summed E-state index contributed by atoms with van der Waals surface area (Å²) in [5.74, 6) is 0.613. The molecule has 1 aromatic rings. The van der Waals surface area contributed by atoms with Crippen molar-refractivity contribution in [1.82, 2.24) is 0 Å². The summed E-state index contributed by atoms with van der Waals surface area (Å²) in [6.07, 6.45) is 0.852. The van der Waals surface area contributed by atoms with Crippen LogP contribution in [0.2, 0.25) is 0 Å². The molecule has 2 N–H and O–H groups in total. The standard InChI is InChI=1S/C11H15NO2S/c12-9-11(13)14-7-4-8-15-10-5-2-1-3-6-10/h1-3,5-6H,4,7-9,12H2. The lowest BCUT2D eigenvalue weighted by atomic mass is 10.4. The molecule has 0 saturated carbocycles. The number of ether oxygens (including phenoxy) is 1. The van der Waals surface area contributed by atoms with Crippen molar-refractivity contribution in [1.29, 1.82) is 0 Å². The van der Waals surface area contributed by atoms with Crippen LogP contribution in [0.3, 0.4) is 0 Å². The molecule has 0 aromatic heterocycles. The first kappa shape index (κ1) is 12.1. The van der Waals surface area contributed by atoms with Gasteiger partial charge >= 0.3 is 5.97 Å². The Kier molecular flexibility index (Phi) is 5.88. The van der Waals surface area contributed by atoms with Crippen LogP contribution in [-0.2, 0) is 9.53 Å². The number of carbonyl (C=O) groups is 1. The van der Waals surface area contributed by atoms with Crippen LogP contribution in [0.15, 0.2) is 35.2 Å². The highest BCUT2D eigenvalue weighted by molar-refractivity contribution is 7.99. The minimum absolute atomic E-state index is 0.0359. The van der Waals surface area contributed by atoms with Gasteiger partial charge < -0.3 is 10.5 Å². The van der Waals surface area contributed by atoms with E-state index in [-0.39, 0.29) is 12.5 Å². The second-order valence-electron chi connectivity index (χ2n) is 2.94. The van der Waals surface area contributed by atoms with Crippen LogP contribution in [0.4, 0.5) is 0 Å². The topological polar surface area (TPSA) is 52.3 Å². The van der Waals surface area contributed by atoms with E-state index >= 15 is 0 Å². The molecule has 0 aliphatic rings. The fraction of sp³-hybridized carbons (Fsp3) is 0.364. The van der Waals surface area contributed by atoms with Crippen molar-refractivity contribution in [3.63, 3.8) is 0 Å². The number of benzene rings is 1. The summed E-state index contributed by atoms with van der Waals surface area (Å²) >= 11 is 1.76. The number of esters is 1. The summed E-state index contributed by atoms with van der Waals surface area (Å²) in [6.45, 7) is 0.418. The van der Waals surface area contributed by atoms with Gasteiger partial charge in [0, 0.05) is 10.6 Å². The monoisotopic (exact) mass is 225 g/mol. The molecule has 0 aliphatic heterocycles. The largest absolute Gasteiger partial charge is 0.465 e. The van der Waals surface area contributed by atoms with Gasteiger partial charge in [-0.1, -0.05) is 18.2 Å². The Labute approximate surface area is 94.0 Å². The van der Waals surface area contributed by atoms with Crippen LogP contribution in [0, 0.1) is 0 Å². The maximum Gasteiger partial charge on any atom is 0.319 e. The second kappa shape index (κ2) is 7.31.